The molecule has 28 heavy (non-hydrogen) atoms. The SMILES string of the molecule is Cl.Cl.N[C@H]1CCS(=O)(=O)c2cc(C(=O)Nc3ccnc4[nH]ncc34)c(Cl)cc21. The maximum absolute atomic E-state index is 12.7. The number of aromatic nitrogens is 3. The number of rotatable bonds is 2. The number of benzene rings is 1. The lowest BCUT2D eigenvalue weighted by Crippen LogP contribution is -2.26. The second-order valence-corrected chi connectivity index (χ2v) is 8.51. The molecule has 1 aliphatic rings. The van der Waals surface area contributed by atoms with Crippen LogP contribution in [0.25, 0.3) is 11.0 Å². The molecule has 1 atom stereocenters. The lowest BCUT2D eigenvalue weighted by atomic mass is 10.0. The van der Waals surface area contributed by atoms with E-state index in [4.69, 9.17) is 17.3 Å². The molecule has 0 radical (unpaired) electrons. The van der Waals surface area contributed by atoms with Crippen LogP contribution in [0.1, 0.15) is 28.4 Å². The van der Waals surface area contributed by atoms with E-state index in [0.717, 1.165) is 0 Å². The van der Waals surface area contributed by atoms with Gasteiger partial charge in [0, 0.05) is 12.2 Å². The third kappa shape index (κ3) is 3.81. The number of hydrogen-bond donors (Lipinski definition) is 3. The molecule has 0 aliphatic carbocycles. The number of H-pyrrole nitrogens is 1. The predicted octanol–water partition coefficient (Wildman–Crippen LogP) is 2.88. The van der Waals surface area contributed by atoms with E-state index in [1.165, 1.54) is 24.5 Å². The van der Waals surface area contributed by atoms with Crippen LogP contribution in [-0.2, 0) is 9.84 Å². The number of nitrogens with zero attached hydrogens (tertiary/aromatic N) is 2. The molecule has 8 nitrogen and oxygen atoms in total. The Bertz CT molecular complexity index is 1150. The first-order chi connectivity index (χ1) is 12.4. The minimum atomic E-state index is -3.49. The molecule has 1 aliphatic heterocycles. The Morgan fingerprint density at radius 1 is 1.32 bits per heavy atom. The van der Waals surface area contributed by atoms with Gasteiger partial charge in [-0.2, -0.15) is 5.10 Å². The number of carbonyl (C=O) groups excluding carboxylic acids is 1. The fourth-order valence-electron chi connectivity index (χ4n) is 3.00. The molecule has 0 unspecified atom stereocenters. The first-order valence-corrected chi connectivity index (χ1v) is 9.81. The Labute approximate surface area is 178 Å². The molecule has 0 fully saturated rings. The van der Waals surface area contributed by atoms with Gasteiger partial charge in [-0.3, -0.25) is 9.89 Å². The number of hydrogen-bond acceptors (Lipinski definition) is 6. The molecule has 0 saturated carbocycles. The Morgan fingerprint density at radius 3 is 2.82 bits per heavy atom. The summed E-state index contributed by atoms with van der Waals surface area (Å²) < 4.78 is 24.7. The van der Waals surface area contributed by atoms with Crippen LogP contribution in [0.2, 0.25) is 5.02 Å². The van der Waals surface area contributed by atoms with Crippen molar-refractivity contribution in [1.29, 1.82) is 0 Å². The summed E-state index contributed by atoms with van der Waals surface area (Å²) in [5.41, 5.74) is 7.51. The first-order valence-electron chi connectivity index (χ1n) is 7.78. The minimum absolute atomic E-state index is 0. The highest BCUT2D eigenvalue weighted by atomic mass is 35.5. The molecule has 0 bridgehead atoms. The van der Waals surface area contributed by atoms with Crippen LogP contribution in [0.5, 0.6) is 0 Å². The average molecular weight is 465 g/mol. The van der Waals surface area contributed by atoms with Crippen molar-refractivity contribution in [2.75, 3.05) is 11.1 Å². The van der Waals surface area contributed by atoms with E-state index < -0.39 is 21.8 Å². The number of pyridine rings is 1. The molecule has 1 amide bonds. The fraction of sp³-hybridized carbons (Fsp3) is 0.188. The van der Waals surface area contributed by atoms with E-state index in [0.29, 0.717) is 28.7 Å². The monoisotopic (exact) mass is 463 g/mol. The third-order valence-electron chi connectivity index (χ3n) is 4.38. The number of anilines is 1. The van der Waals surface area contributed by atoms with Crippen molar-refractivity contribution in [2.24, 2.45) is 5.73 Å². The van der Waals surface area contributed by atoms with Crippen LogP contribution in [0.4, 0.5) is 5.69 Å². The summed E-state index contributed by atoms with van der Waals surface area (Å²) in [6.07, 6.45) is 3.39. The Kier molecular flexibility index (Phi) is 6.57. The predicted molar refractivity (Wildman–Crippen MR) is 111 cm³/mol. The molecular formula is C16H16Cl3N5O3S. The van der Waals surface area contributed by atoms with E-state index in [2.05, 4.69) is 20.5 Å². The molecule has 0 saturated heterocycles. The standard InChI is InChI=1S/C16H14ClN5O3S.2ClH/c17-11-5-9-12(18)2-4-26(24,25)14(9)6-8(11)16(23)21-13-1-3-19-15-10(13)7-20-22-15;;/h1,3,5-7,12H,2,4,18H2,(H2,19,20,21,22,23);2*1H/t12-;;/m0../s1. The number of amides is 1. The van der Waals surface area contributed by atoms with Crippen LogP contribution in [0, 0.1) is 0 Å². The topological polar surface area (TPSA) is 131 Å². The maximum atomic E-state index is 12.7. The van der Waals surface area contributed by atoms with Gasteiger partial charge in [0.2, 0.25) is 0 Å². The molecule has 4 N–H and O–H groups in total. The normalized spacial score (nSPS) is 17.1. The van der Waals surface area contributed by atoms with Crippen molar-refractivity contribution in [3.63, 3.8) is 0 Å². The highest BCUT2D eigenvalue weighted by Crippen LogP contribution is 2.35. The summed E-state index contributed by atoms with van der Waals surface area (Å²) >= 11 is 6.24. The van der Waals surface area contributed by atoms with Crippen molar-refractivity contribution in [3.05, 3.63) is 46.7 Å². The molecule has 12 heteroatoms. The molecule has 3 aromatic rings. The molecule has 150 valence electrons. The lowest BCUT2D eigenvalue weighted by molar-refractivity contribution is 0.102. The Morgan fingerprint density at radius 2 is 2.07 bits per heavy atom. The van der Waals surface area contributed by atoms with Crippen molar-refractivity contribution < 1.29 is 13.2 Å². The number of nitrogens with two attached hydrogens (primary N) is 1. The van der Waals surface area contributed by atoms with Crippen LogP contribution in [0.3, 0.4) is 0 Å². The number of fused-ring (bicyclic) bond motifs is 2. The first kappa shape index (κ1) is 22.4. The van der Waals surface area contributed by atoms with Gasteiger partial charge in [-0.1, -0.05) is 11.6 Å². The second-order valence-electron chi connectivity index (χ2n) is 6.03. The summed E-state index contributed by atoms with van der Waals surface area (Å²) in [5, 5.41) is 10.1. The summed E-state index contributed by atoms with van der Waals surface area (Å²) in [6, 6.07) is 3.96. The summed E-state index contributed by atoms with van der Waals surface area (Å²) in [4.78, 5) is 16.9. The van der Waals surface area contributed by atoms with Gasteiger partial charge in [-0.15, -0.1) is 24.8 Å². The van der Waals surface area contributed by atoms with Gasteiger partial charge in [-0.25, -0.2) is 13.4 Å². The van der Waals surface area contributed by atoms with Crippen LogP contribution in [-0.4, -0.2) is 35.3 Å². The second kappa shape index (κ2) is 8.22. The van der Waals surface area contributed by atoms with E-state index in [-0.39, 0.29) is 46.0 Å². The summed E-state index contributed by atoms with van der Waals surface area (Å²) in [5.74, 6) is -0.579. The van der Waals surface area contributed by atoms with Gasteiger partial charge in [-0.05, 0) is 30.2 Å². The van der Waals surface area contributed by atoms with Gasteiger partial charge >= 0.3 is 0 Å². The largest absolute Gasteiger partial charge is 0.324 e. The van der Waals surface area contributed by atoms with Gasteiger partial charge in [0.1, 0.15) is 0 Å². The van der Waals surface area contributed by atoms with E-state index in [1.807, 2.05) is 0 Å². The van der Waals surface area contributed by atoms with Gasteiger partial charge < -0.3 is 11.1 Å². The quantitative estimate of drug-likeness (QED) is 0.534. The highest BCUT2D eigenvalue weighted by molar-refractivity contribution is 7.91. The zero-order valence-corrected chi connectivity index (χ0v) is 17.4. The summed E-state index contributed by atoms with van der Waals surface area (Å²) in [6.45, 7) is 0. The third-order valence-corrected chi connectivity index (χ3v) is 6.49. The van der Waals surface area contributed by atoms with Crippen LogP contribution >= 0.6 is 36.4 Å². The molecular weight excluding hydrogens is 449 g/mol. The Balaban J connectivity index is 0.00000140. The highest BCUT2D eigenvalue weighted by Gasteiger charge is 2.30. The molecule has 1 aromatic carbocycles. The zero-order chi connectivity index (χ0) is 18.5. The minimum Gasteiger partial charge on any atom is -0.324 e. The number of sulfone groups is 1. The average Bonchev–Trinajstić information content (AvgIpc) is 3.08. The lowest BCUT2D eigenvalue weighted by Gasteiger charge is -2.23. The smallest absolute Gasteiger partial charge is 0.257 e. The molecule has 2 aromatic heterocycles. The van der Waals surface area contributed by atoms with Gasteiger partial charge in [0.25, 0.3) is 5.91 Å². The number of aromatic amines is 1. The number of halogens is 3. The van der Waals surface area contributed by atoms with E-state index >= 15 is 0 Å². The van der Waals surface area contributed by atoms with Crippen molar-refractivity contribution >= 4 is 68.9 Å². The van der Waals surface area contributed by atoms with Crippen molar-refractivity contribution in [2.45, 2.75) is 17.4 Å². The van der Waals surface area contributed by atoms with Gasteiger partial charge in [0.15, 0.2) is 15.5 Å². The fourth-order valence-corrected chi connectivity index (χ4v) is 4.91. The van der Waals surface area contributed by atoms with Crippen LogP contribution in [0.15, 0.2) is 35.5 Å². The molecule has 0 spiro atoms. The molecule has 3 heterocycles. The number of carbonyl (C=O) groups is 1. The maximum Gasteiger partial charge on any atom is 0.257 e. The van der Waals surface area contributed by atoms with Crippen molar-refractivity contribution in [3.8, 4) is 0 Å². The number of nitrogens with one attached hydrogen (secondary N) is 2. The van der Waals surface area contributed by atoms with E-state index in [1.54, 1.807) is 6.07 Å². The van der Waals surface area contributed by atoms with E-state index in [9.17, 15) is 13.2 Å². The van der Waals surface area contributed by atoms with Crippen LogP contribution < -0.4 is 11.1 Å². The Hall–Kier alpha value is -1.91. The van der Waals surface area contributed by atoms with Gasteiger partial charge in [0.05, 0.1) is 38.5 Å². The van der Waals surface area contributed by atoms with Crippen molar-refractivity contribution in [1.82, 2.24) is 15.2 Å². The summed E-state index contributed by atoms with van der Waals surface area (Å²) in [7, 11) is -3.49. The zero-order valence-electron chi connectivity index (χ0n) is 14.2. The molecule has 4 rings (SSSR count).